The topological polar surface area (TPSA) is 78.9 Å². The number of amides is 2. The highest BCUT2D eigenvalue weighted by atomic mass is 16.5. The molecule has 2 amide bonds. The van der Waals surface area contributed by atoms with E-state index in [1.165, 1.54) is 4.90 Å². The maximum absolute atomic E-state index is 12.1. The first-order valence-electron chi connectivity index (χ1n) is 7.88. The lowest BCUT2D eigenvalue weighted by atomic mass is 10.2. The molecule has 0 aromatic carbocycles. The van der Waals surface area contributed by atoms with Crippen molar-refractivity contribution in [1.82, 2.24) is 10.2 Å². The van der Waals surface area contributed by atoms with Crippen LogP contribution in [-0.2, 0) is 9.53 Å². The van der Waals surface area contributed by atoms with Crippen molar-refractivity contribution in [2.75, 3.05) is 19.7 Å². The number of carboxylic acid groups (broad SMARTS) is 1. The molecule has 1 aliphatic rings. The molecule has 0 aliphatic heterocycles. The summed E-state index contributed by atoms with van der Waals surface area (Å²) in [4.78, 5) is 24.5. The minimum Gasteiger partial charge on any atom is -0.480 e. The molecule has 1 saturated carbocycles. The Kier molecular flexibility index (Phi) is 8.12. The van der Waals surface area contributed by atoms with Crippen LogP contribution in [0.25, 0.3) is 0 Å². The molecule has 0 aromatic heterocycles. The van der Waals surface area contributed by atoms with Gasteiger partial charge in [0.1, 0.15) is 6.54 Å². The standard InChI is InChI=1S/C15H28N2O4/c1-12(2)21-10-6-5-9-16-15(20)17(11-14(18)19)13-7-3-4-8-13/h12-13H,3-11H2,1-2H3,(H,16,20)(H,18,19). The molecule has 0 aromatic rings. The number of nitrogens with one attached hydrogen (secondary N) is 1. The zero-order chi connectivity index (χ0) is 15.7. The molecule has 6 heteroatoms. The van der Waals surface area contributed by atoms with Crippen LogP contribution in [-0.4, -0.2) is 53.8 Å². The van der Waals surface area contributed by atoms with Gasteiger partial charge in [-0.05, 0) is 39.5 Å². The molecule has 0 spiro atoms. The molecule has 0 heterocycles. The molecule has 0 radical (unpaired) electrons. The quantitative estimate of drug-likeness (QED) is 0.640. The van der Waals surface area contributed by atoms with E-state index in [1.54, 1.807) is 0 Å². The largest absolute Gasteiger partial charge is 0.480 e. The minimum atomic E-state index is -0.956. The van der Waals surface area contributed by atoms with Gasteiger partial charge < -0.3 is 20.1 Å². The van der Waals surface area contributed by atoms with Crippen LogP contribution in [0.4, 0.5) is 4.79 Å². The predicted octanol–water partition coefficient (Wildman–Crippen LogP) is 2.23. The maximum Gasteiger partial charge on any atom is 0.323 e. The van der Waals surface area contributed by atoms with Crippen LogP contribution in [0, 0.1) is 0 Å². The van der Waals surface area contributed by atoms with Crippen molar-refractivity contribution in [2.45, 2.75) is 64.5 Å². The molecule has 1 aliphatic carbocycles. The molecule has 0 unspecified atom stereocenters. The number of nitrogens with zero attached hydrogens (tertiary/aromatic N) is 1. The number of ether oxygens (including phenoxy) is 1. The van der Waals surface area contributed by atoms with E-state index in [1.807, 2.05) is 13.8 Å². The Labute approximate surface area is 126 Å². The lowest BCUT2D eigenvalue weighted by molar-refractivity contribution is -0.138. The van der Waals surface area contributed by atoms with E-state index in [9.17, 15) is 9.59 Å². The minimum absolute atomic E-state index is 0.0744. The monoisotopic (exact) mass is 300 g/mol. The summed E-state index contributed by atoms with van der Waals surface area (Å²) in [6.45, 7) is 5.02. The van der Waals surface area contributed by atoms with Crippen LogP contribution in [0.5, 0.6) is 0 Å². The lowest BCUT2D eigenvalue weighted by Crippen LogP contribution is -2.47. The van der Waals surface area contributed by atoms with Gasteiger partial charge in [-0.2, -0.15) is 0 Å². The van der Waals surface area contributed by atoms with Gasteiger partial charge in [0.25, 0.3) is 0 Å². The molecule has 0 saturated heterocycles. The number of urea groups is 1. The summed E-state index contributed by atoms with van der Waals surface area (Å²) in [5.74, 6) is -0.956. The zero-order valence-electron chi connectivity index (χ0n) is 13.1. The second kappa shape index (κ2) is 9.60. The fourth-order valence-electron chi connectivity index (χ4n) is 2.57. The molecule has 1 fully saturated rings. The van der Waals surface area contributed by atoms with Crippen LogP contribution in [0.15, 0.2) is 0 Å². The third-order valence-electron chi connectivity index (χ3n) is 3.63. The van der Waals surface area contributed by atoms with Crippen LogP contribution in [0.3, 0.4) is 0 Å². The van der Waals surface area contributed by atoms with E-state index < -0.39 is 5.97 Å². The van der Waals surface area contributed by atoms with Crippen LogP contribution in [0.2, 0.25) is 0 Å². The van der Waals surface area contributed by atoms with Crippen LogP contribution >= 0.6 is 0 Å². The van der Waals surface area contributed by atoms with Crippen LogP contribution in [0.1, 0.15) is 52.4 Å². The van der Waals surface area contributed by atoms with Gasteiger partial charge >= 0.3 is 12.0 Å². The van der Waals surface area contributed by atoms with Gasteiger partial charge in [-0.25, -0.2) is 4.79 Å². The van der Waals surface area contributed by atoms with Crippen molar-refractivity contribution in [2.24, 2.45) is 0 Å². The van der Waals surface area contributed by atoms with Crippen molar-refractivity contribution in [3.8, 4) is 0 Å². The number of hydrogen-bond acceptors (Lipinski definition) is 3. The highest BCUT2D eigenvalue weighted by Gasteiger charge is 2.27. The molecule has 6 nitrogen and oxygen atoms in total. The summed E-state index contributed by atoms with van der Waals surface area (Å²) in [5.41, 5.74) is 0. The molecule has 2 N–H and O–H groups in total. The SMILES string of the molecule is CC(C)OCCCCNC(=O)N(CC(=O)O)C1CCCC1. The number of unbranched alkanes of at least 4 members (excludes halogenated alkanes) is 1. The van der Waals surface area contributed by atoms with Crippen molar-refractivity contribution < 1.29 is 19.4 Å². The van der Waals surface area contributed by atoms with Gasteiger partial charge in [-0.1, -0.05) is 12.8 Å². The molecule has 122 valence electrons. The smallest absolute Gasteiger partial charge is 0.323 e. The van der Waals surface area contributed by atoms with Crippen molar-refractivity contribution >= 4 is 12.0 Å². The van der Waals surface area contributed by atoms with Crippen LogP contribution < -0.4 is 5.32 Å². The Morgan fingerprint density at radius 1 is 1.29 bits per heavy atom. The van der Waals surface area contributed by atoms with Gasteiger partial charge in [-0.3, -0.25) is 4.79 Å². The van der Waals surface area contributed by atoms with Gasteiger partial charge in [0, 0.05) is 19.2 Å². The summed E-state index contributed by atoms with van der Waals surface area (Å²) in [6.07, 6.45) is 5.91. The van der Waals surface area contributed by atoms with E-state index in [-0.39, 0.29) is 24.7 Å². The number of carboxylic acids is 1. The average Bonchev–Trinajstić information content (AvgIpc) is 2.93. The fraction of sp³-hybridized carbons (Fsp3) is 0.867. The predicted molar refractivity (Wildman–Crippen MR) is 80.3 cm³/mol. The Balaban J connectivity index is 2.26. The van der Waals surface area contributed by atoms with Gasteiger partial charge in [-0.15, -0.1) is 0 Å². The average molecular weight is 300 g/mol. The zero-order valence-corrected chi connectivity index (χ0v) is 13.1. The number of aliphatic carboxylic acids is 1. The van der Waals surface area contributed by atoms with E-state index in [0.717, 1.165) is 38.5 Å². The molecular weight excluding hydrogens is 272 g/mol. The summed E-state index contributed by atoms with van der Waals surface area (Å²) >= 11 is 0. The Morgan fingerprint density at radius 2 is 1.95 bits per heavy atom. The van der Waals surface area contributed by atoms with E-state index in [0.29, 0.717) is 13.2 Å². The van der Waals surface area contributed by atoms with Gasteiger partial charge in [0.05, 0.1) is 6.10 Å². The Bertz CT molecular complexity index is 328. The molecular formula is C15H28N2O4. The highest BCUT2D eigenvalue weighted by molar-refractivity contribution is 5.80. The molecule has 0 bridgehead atoms. The maximum atomic E-state index is 12.1. The first-order chi connectivity index (χ1) is 10.0. The summed E-state index contributed by atoms with van der Waals surface area (Å²) in [6, 6.07) is -0.181. The van der Waals surface area contributed by atoms with Crippen molar-refractivity contribution in [3.63, 3.8) is 0 Å². The normalized spacial score (nSPS) is 15.4. The summed E-state index contributed by atoms with van der Waals surface area (Å²) in [5, 5.41) is 11.8. The number of rotatable bonds is 9. The second-order valence-electron chi connectivity index (χ2n) is 5.82. The van der Waals surface area contributed by atoms with E-state index in [4.69, 9.17) is 9.84 Å². The van der Waals surface area contributed by atoms with Crippen molar-refractivity contribution in [3.05, 3.63) is 0 Å². The first-order valence-corrected chi connectivity index (χ1v) is 7.88. The first kappa shape index (κ1) is 17.8. The summed E-state index contributed by atoms with van der Waals surface area (Å²) < 4.78 is 5.43. The molecule has 1 rings (SSSR count). The second-order valence-corrected chi connectivity index (χ2v) is 5.82. The Hall–Kier alpha value is -1.30. The molecule has 21 heavy (non-hydrogen) atoms. The van der Waals surface area contributed by atoms with Gasteiger partial charge in [0.2, 0.25) is 0 Å². The number of carbonyl (C=O) groups excluding carboxylic acids is 1. The summed E-state index contributed by atoms with van der Waals surface area (Å²) in [7, 11) is 0. The lowest BCUT2D eigenvalue weighted by Gasteiger charge is -2.27. The Morgan fingerprint density at radius 3 is 2.52 bits per heavy atom. The number of carbonyl (C=O) groups is 2. The highest BCUT2D eigenvalue weighted by Crippen LogP contribution is 2.23. The fourth-order valence-corrected chi connectivity index (χ4v) is 2.57. The van der Waals surface area contributed by atoms with E-state index in [2.05, 4.69) is 5.32 Å². The third kappa shape index (κ3) is 7.32. The van der Waals surface area contributed by atoms with Crippen molar-refractivity contribution in [1.29, 1.82) is 0 Å². The number of hydrogen-bond donors (Lipinski definition) is 2. The van der Waals surface area contributed by atoms with E-state index >= 15 is 0 Å². The third-order valence-corrected chi connectivity index (χ3v) is 3.63. The van der Waals surface area contributed by atoms with Gasteiger partial charge in [0.15, 0.2) is 0 Å². The molecule has 0 atom stereocenters.